The van der Waals surface area contributed by atoms with E-state index < -0.39 is 0 Å². The molecule has 8 heteroatoms. The zero-order valence-electron chi connectivity index (χ0n) is 14.0. The Labute approximate surface area is 160 Å². The molecular weight excluding hydrogens is 373 g/mol. The molecule has 1 aliphatic heterocycles. The van der Waals surface area contributed by atoms with Crippen LogP contribution < -0.4 is 10.5 Å². The highest BCUT2D eigenvalue weighted by Gasteiger charge is 2.21. The number of hydrogen-bond donors (Lipinski definition) is 1. The second-order valence-electron chi connectivity index (χ2n) is 6.25. The number of anilines is 1. The van der Waals surface area contributed by atoms with Crippen molar-refractivity contribution >= 4 is 39.9 Å². The number of nitrogens with one attached hydrogen (secondary N) is 1. The number of H-pyrrole nitrogens is 1. The lowest BCUT2D eigenvalue weighted by Crippen LogP contribution is -2.46. The zero-order chi connectivity index (χ0) is 18.1. The number of halogens is 2. The highest BCUT2D eigenvalue weighted by atomic mass is 35.5. The topological polar surface area (TPSA) is 65.1 Å². The number of aromatic nitrogens is 3. The van der Waals surface area contributed by atoms with Gasteiger partial charge in [0, 0.05) is 32.4 Å². The van der Waals surface area contributed by atoms with E-state index in [9.17, 15) is 4.79 Å². The normalized spacial score (nSPS) is 15.5. The highest BCUT2D eigenvalue weighted by Crippen LogP contribution is 2.26. The van der Waals surface area contributed by atoms with Crippen LogP contribution in [0.5, 0.6) is 0 Å². The highest BCUT2D eigenvalue weighted by molar-refractivity contribution is 6.36. The third kappa shape index (κ3) is 3.53. The third-order valence-corrected chi connectivity index (χ3v) is 4.98. The first-order chi connectivity index (χ1) is 12.6. The van der Waals surface area contributed by atoms with Crippen molar-refractivity contribution in [3.05, 3.63) is 62.8 Å². The van der Waals surface area contributed by atoms with Gasteiger partial charge in [0.15, 0.2) is 0 Å². The van der Waals surface area contributed by atoms with Crippen LogP contribution in [0.3, 0.4) is 0 Å². The fourth-order valence-electron chi connectivity index (χ4n) is 3.18. The standard InChI is InChI=1S/C18H17Cl2N5O/c19-12-9-14(20)17(21-10-12)25-7-5-24(6-8-25)11-16-22-15-4-2-1-3-13(15)18(26)23-16/h1-4,9-10H,5-8,11H2,(H,22,23,26). The van der Waals surface area contributed by atoms with E-state index in [-0.39, 0.29) is 5.56 Å². The Morgan fingerprint density at radius 1 is 1.12 bits per heavy atom. The van der Waals surface area contributed by atoms with Gasteiger partial charge in [0.05, 0.1) is 27.5 Å². The molecule has 0 unspecified atom stereocenters. The van der Waals surface area contributed by atoms with Gasteiger partial charge in [-0.1, -0.05) is 35.3 Å². The van der Waals surface area contributed by atoms with E-state index >= 15 is 0 Å². The number of aromatic amines is 1. The van der Waals surface area contributed by atoms with Crippen LogP contribution in [0.1, 0.15) is 5.82 Å². The fraction of sp³-hybridized carbons (Fsp3) is 0.278. The molecule has 4 rings (SSSR count). The molecule has 2 aromatic heterocycles. The Bertz CT molecular complexity index is 998. The molecule has 26 heavy (non-hydrogen) atoms. The first-order valence-electron chi connectivity index (χ1n) is 8.36. The van der Waals surface area contributed by atoms with Crippen LogP contribution >= 0.6 is 23.2 Å². The van der Waals surface area contributed by atoms with Crippen LogP contribution in [0.15, 0.2) is 41.3 Å². The van der Waals surface area contributed by atoms with Gasteiger partial charge in [0.25, 0.3) is 5.56 Å². The van der Waals surface area contributed by atoms with Gasteiger partial charge >= 0.3 is 0 Å². The molecule has 3 heterocycles. The lowest BCUT2D eigenvalue weighted by atomic mass is 10.2. The molecular formula is C18H17Cl2N5O. The number of hydrogen-bond acceptors (Lipinski definition) is 5. The second kappa shape index (κ2) is 7.23. The number of para-hydroxylation sites is 1. The minimum atomic E-state index is -0.0959. The summed E-state index contributed by atoms with van der Waals surface area (Å²) in [6.07, 6.45) is 1.61. The average molecular weight is 390 g/mol. The van der Waals surface area contributed by atoms with Gasteiger partial charge < -0.3 is 9.88 Å². The van der Waals surface area contributed by atoms with E-state index in [1.165, 1.54) is 0 Å². The second-order valence-corrected chi connectivity index (χ2v) is 7.10. The summed E-state index contributed by atoms with van der Waals surface area (Å²) in [5.74, 6) is 1.44. The van der Waals surface area contributed by atoms with E-state index in [0.29, 0.717) is 27.8 Å². The SMILES string of the molecule is O=c1[nH]c(CN2CCN(c3ncc(Cl)cc3Cl)CC2)nc2ccccc12. The number of fused-ring (bicyclic) bond motifs is 1. The monoisotopic (exact) mass is 389 g/mol. The molecule has 0 saturated carbocycles. The van der Waals surface area contributed by atoms with Crippen LogP contribution in [0, 0.1) is 0 Å². The Hall–Kier alpha value is -2.15. The maximum Gasteiger partial charge on any atom is 0.258 e. The predicted octanol–water partition coefficient (Wildman–Crippen LogP) is 2.95. The molecule has 1 N–H and O–H groups in total. The van der Waals surface area contributed by atoms with Gasteiger partial charge in [0.1, 0.15) is 11.6 Å². The number of rotatable bonds is 3. The molecule has 3 aromatic rings. The van der Waals surface area contributed by atoms with Crippen molar-refractivity contribution in [2.24, 2.45) is 0 Å². The van der Waals surface area contributed by atoms with Crippen molar-refractivity contribution in [2.75, 3.05) is 31.1 Å². The molecule has 1 saturated heterocycles. The van der Waals surface area contributed by atoms with Crippen LogP contribution in [0.25, 0.3) is 10.9 Å². The molecule has 0 bridgehead atoms. The van der Waals surface area contributed by atoms with Crippen molar-refractivity contribution in [3.8, 4) is 0 Å². The van der Waals surface area contributed by atoms with Crippen molar-refractivity contribution in [1.29, 1.82) is 0 Å². The minimum absolute atomic E-state index is 0.0959. The van der Waals surface area contributed by atoms with Crippen LogP contribution in [0.2, 0.25) is 10.0 Å². The van der Waals surface area contributed by atoms with Crippen molar-refractivity contribution in [2.45, 2.75) is 6.54 Å². The summed E-state index contributed by atoms with van der Waals surface area (Å²) in [5.41, 5.74) is 0.628. The molecule has 0 radical (unpaired) electrons. The van der Waals surface area contributed by atoms with Crippen LogP contribution in [-0.4, -0.2) is 46.0 Å². The van der Waals surface area contributed by atoms with E-state index in [1.54, 1.807) is 18.3 Å². The Morgan fingerprint density at radius 2 is 1.88 bits per heavy atom. The number of piperazine rings is 1. The molecule has 0 amide bonds. The van der Waals surface area contributed by atoms with Crippen molar-refractivity contribution in [3.63, 3.8) is 0 Å². The molecule has 134 valence electrons. The van der Waals surface area contributed by atoms with Crippen molar-refractivity contribution in [1.82, 2.24) is 19.9 Å². The summed E-state index contributed by atoms with van der Waals surface area (Å²) < 4.78 is 0. The van der Waals surface area contributed by atoms with Gasteiger partial charge in [-0.3, -0.25) is 9.69 Å². The van der Waals surface area contributed by atoms with Crippen molar-refractivity contribution < 1.29 is 0 Å². The van der Waals surface area contributed by atoms with Crippen LogP contribution in [0.4, 0.5) is 5.82 Å². The van der Waals surface area contributed by atoms with Gasteiger partial charge in [-0.2, -0.15) is 0 Å². The van der Waals surface area contributed by atoms with E-state index in [0.717, 1.165) is 37.5 Å². The largest absolute Gasteiger partial charge is 0.353 e. The predicted molar refractivity (Wildman–Crippen MR) is 104 cm³/mol. The van der Waals surface area contributed by atoms with Gasteiger partial charge in [0.2, 0.25) is 0 Å². The summed E-state index contributed by atoms with van der Waals surface area (Å²) in [7, 11) is 0. The molecule has 0 spiro atoms. The van der Waals surface area contributed by atoms with Gasteiger partial charge in [-0.25, -0.2) is 9.97 Å². The average Bonchev–Trinajstić information content (AvgIpc) is 2.63. The van der Waals surface area contributed by atoms with Gasteiger partial charge in [-0.05, 0) is 18.2 Å². The Balaban J connectivity index is 1.45. The molecule has 1 fully saturated rings. The Morgan fingerprint density at radius 3 is 2.65 bits per heavy atom. The molecule has 0 atom stereocenters. The van der Waals surface area contributed by atoms with E-state index in [1.807, 2.05) is 18.2 Å². The molecule has 0 aliphatic carbocycles. The minimum Gasteiger partial charge on any atom is -0.353 e. The lowest BCUT2D eigenvalue weighted by molar-refractivity contribution is 0.243. The first kappa shape index (κ1) is 17.3. The lowest BCUT2D eigenvalue weighted by Gasteiger charge is -2.35. The molecule has 1 aromatic carbocycles. The smallest absolute Gasteiger partial charge is 0.258 e. The summed E-state index contributed by atoms with van der Waals surface area (Å²) in [6, 6.07) is 9.09. The zero-order valence-corrected chi connectivity index (χ0v) is 15.5. The summed E-state index contributed by atoms with van der Waals surface area (Å²) in [6.45, 7) is 3.86. The van der Waals surface area contributed by atoms with E-state index in [4.69, 9.17) is 23.2 Å². The quantitative estimate of drug-likeness (QED) is 0.745. The van der Waals surface area contributed by atoms with Crippen LogP contribution in [-0.2, 0) is 6.54 Å². The number of pyridine rings is 1. The maximum atomic E-state index is 12.2. The number of nitrogens with zero attached hydrogens (tertiary/aromatic N) is 4. The maximum absolute atomic E-state index is 12.2. The number of benzene rings is 1. The summed E-state index contributed by atoms with van der Waals surface area (Å²) in [5, 5.41) is 1.71. The third-order valence-electron chi connectivity index (χ3n) is 4.50. The first-order valence-corrected chi connectivity index (χ1v) is 9.12. The van der Waals surface area contributed by atoms with Gasteiger partial charge in [-0.15, -0.1) is 0 Å². The Kier molecular flexibility index (Phi) is 4.80. The fourth-order valence-corrected chi connectivity index (χ4v) is 3.68. The van der Waals surface area contributed by atoms with E-state index in [2.05, 4.69) is 24.8 Å². The molecule has 6 nitrogen and oxygen atoms in total. The summed E-state index contributed by atoms with van der Waals surface area (Å²) >= 11 is 12.2. The molecule has 1 aliphatic rings. The summed E-state index contributed by atoms with van der Waals surface area (Å²) in [4.78, 5) is 28.4.